The van der Waals surface area contributed by atoms with Crippen LogP contribution in [0.25, 0.3) is 0 Å². The van der Waals surface area contributed by atoms with E-state index in [0.717, 1.165) is 23.2 Å². The molecule has 0 atom stereocenters. The topological polar surface area (TPSA) is 84.9 Å². The first-order valence-corrected chi connectivity index (χ1v) is 12.0. The predicted molar refractivity (Wildman–Crippen MR) is 123 cm³/mol. The van der Waals surface area contributed by atoms with E-state index >= 15 is 0 Å². The van der Waals surface area contributed by atoms with E-state index < -0.39 is 10.1 Å². The number of hydrogen-bond donors (Lipinski definition) is 1. The predicted octanol–water partition coefficient (Wildman–Crippen LogP) is 4.68. The fourth-order valence-electron chi connectivity index (χ4n) is 3.03. The van der Waals surface area contributed by atoms with Gasteiger partial charge in [0.15, 0.2) is 11.5 Å². The molecular formula is C23H32N2O5S. The standard InChI is InChI=1S/C23H32N2O5S/c1-6-18-9-8-10-20(13-18)24-23(26)25(15-17(3)4)16-19-11-12-21(29-5)22(14-19)30-31(27,28)7-2/h8-14,17H,6-7,15-16H2,1-5H3,(H,24,26). The minimum Gasteiger partial charge on any atom is -0.493 e. The van der Waals surface area contributed by atoms with Crippen LogP contribution >= 0.6 is 0 Å². The second-order valence-corrected chi connectivity index (χ2v) is 9.53. The lowest BCUT2D eigenvalue weighted by Crippen LogP contribution is -2.37. The van der Waals surface area contributed by atoms with Crippen LogP contribution in [-0.2, 0) is 23.1 Å². The van der Waals surface area contributed by atoms with Crippen molar-refractivity contribution in [1.82, 2.24) is 4.90 Å². The Morgan fingerprint density at radius 3 is 2.42 bits per heavy atom. The summed E-state index contributed by atoms with van der Waals surface area (Å²) >= 11 is 0. The van der Waals surface area contributed by atoms with Gasteiger partial charge in [0, 0.05) is 18.8 Å². The van der Waals surface area contributed by atoms with Gasteiger partial charge < -0.3 is 19.1 Å². The summed E-state index contributed by atoms with van der Waals surface area (Å²) in [4.78, 5) is 14.7. The highest BCUT2D eigenvalue weighted by Gasteiger charge is 2.19. The van der Waals surface area contributed by atoms with Crippen molar-refractivity contribution in [3.63, 3.8) is 0 Å². The van der Waals surface area contributed by atoms with Gasteiger partial charge in [-0.1, -0.05) is 39.0 Å². The summed E-state index contributed by atoms with van der Waals surface area (Å²) in [7, 11) is -2.26. The number of urea groups is 1. The van der Waals surface area contributed by atoms with Crippen LogP contribution in [0.4, 0.5) is 10.5 Å². The van der Waals surface area contributed by atoms with Crippen molar-refractivity contribution in [3.05, 3.63) is 53.6 Å². The third-order valence-electron chi connectivity index (χ3n) is 4.63. The molecule has 2 amide bonds. The lowest BCUT2D eigenvalue weighted by molar-refractivity contribution is 0.201. The molecule has 0 heterocycles. The van der Waals surface area contributed by atoms with Crippen molar-refractivity contribution in [2.75, 3.05) is 24.7 Å². The van der Waals surface area contributed by atoms with Gasteiger partial charge in [0.1, 0.15) is 0 Å². The van der Waals surface area contributed by atoms with E-state index in [4.69, 9.17) is 8.92 Å². The lowest BCUT2D eigenvalue weighted by Gasteiger charge is -2.25. The maximum Gasteiger partial charge on any atom is 0.322 e. The zero-order valence-corrected chi connectivity index (χ0v) is 19.7. The van der Waals surface area contributed by atoms with Gasteiger partial charge in [-0.15, -0.1) is 0 Å². The fraction of sp³-hybridized carbons (Fsp3) is 0.435. The number of nitrogens with zero attached hydrogens (tertiary/aromatic N) is 1. The van der Waals surface area contributed by atoms with Gasteiger partial charge in [-0.2, -0.15) is 8.42 Å². The van der Waals surface area contributed by atoms with Crippen molar-refractivity contribution >= 4 is 21.8 Å². The molecular weight excluding hydrogens is 416 g/mol. The van der Waals surface area contributed by atoms with E-state index in [9.17, 15) is 13.2 Å². The highest BCUT2D eigenvalue weighted by molar-refractivity contribution is 7.87. The summed E-state index contributed by atoms with van der Waals surface area (Å²) in [6.07, 6.45) is 0.884. The molecule has 0 spiro atoms. The molecule has 8 heteroatoms. The number of rotatable bonds is 10. The normalized spacial score (nSPS) is 11.3. The number of amides is 2. The van der Waals surface area contributed by atoms with Crippen LogP contribution in [-0.4, -0.2) is 38.8 Å². The van der Waals surface area contributed by atoms with E-state index in [1.165, 1.54) is 14.0 Å². The van der Waals surface area contributed by atoms with E-state index in [1.54, 1.807) is 23.1 Å². The van der Waals surface area contributed by atoms with Crippen LogP contribution in [0.5, 0.6) is 11.5 Å². The molecule has 2 rings (SSSR count). The Bertz CT molecular complexity index is 989. The molecule has 170 valence electrons. The summed E-state index contributed by atoms with van der Waals surface area (Å²) in [6.45, 7) is 8.48. The van der Waals surface area contributed by atoms with Crippen LogP contribution in [0.15, 0.2) is 42.5 Å². The molecule has 2 aromatic carbocycles. The first-order chi connectivity index (χ1) is 14.7. The van der Waals surface area contributed by atoms with Crippen molar-refractivity contribution in [2.24, 2.45) is 5.92 Å². The van der Waals surface area contributed by atoms with Gasteiger partial charge in [-0.05, 0) is 54.7 Å². The Kier molecular flexibility index (Phi) is 8.74. The van der Waals surface area contributed by atoms with E-state index in [0.29, 0.717) is 18.8 Å². The Morgan fingerprint density at radius 2 is 1.81 bits per heavy atom. The first-order valence-electron chi connectivity index (χ1n) is 10.4. The van der Waals surface area contributed by atoms with Crippen LogP contribution in [0.3, 0.4) is 0 Å². The Hall–Kier alpha value is -2.74. The number of carbonyl (C=O) groups is 1. The van der Waals surface area contributed by atoms with E-state index in [1.807, 2.05) is 38.1 Å². The van der Waals surface area contributed by atoms with Gasteiger partial charge in [0.2, 0.25) is 0 Å². The van der Waals surface area contributed by atoms with Crippen LogP contribution < -0.4 is 14.2 Å². The van der Waals surface area contributed by atoms with Gasteiger partial charge in [0.25, 0.3) is 0 Å². The number of aryl methyl sites for hydroxylation is 1. The van der Waals surface area contributed by atoms with Crippen molar-refractivity contribution in [2.45, 2.75) is 40.7 Å². The highest BCUT2D eigenvalue weighted by Crippen LogP contribution is 2.30. The lowest BCUT2D eigenvalue weighted by atomic mass is 10.1. The molecule has 0 aliphatic heterocycles. The van der Waals surface area contributed by atoms with Crippen LogP contribution in [0, 0.1) is 5.92 Å². The number of benzene rings is 2. The first kappa shape index (κ1) is 24.5. The molecule has 0 aromatic heterocycles. The summed E-state index contributed by atoms with van der Waals surface area (Å²) in [5, 5.41) is 2.96. The van der Waals surface area contributed by atoms with Crippen molar-refractivity contribution in [3.8, 4) is 11.5 Å². The number of ether oxygens (including phenoxy) is 1. The SMILES string of the molecule is CCc1cccc(NC(=O)N(Cc2ccc(OC)c(OS(=O)(=O)CC)c2)CC(C)C)c1. The number of methoxy groups -OCH3 is 1. The van der Waals surface area contributed by atoms with Gasteiger partial charge >= 0.3 is 16.1 Å². The third-order valence-corrected chi connectivity index (χ3v) is 5.77. The smallest absolute Gasteiger partial charge is 0.322 e. The molecule has 31 heavy (non-hydrogen) atoms. The van der Waals surface area contributed by atoms with Crippen LogP contribution in [0.2, 0.25) is 0 Å². The molecule has 0 radical (unpaired) electrons. The Balaban J connectivity index is 2.25. The summed E-state index contributed by atoms with van der Waals surface area (Å²) in [6, 6.07) is 12.6. The number of anilines is 1. The van der Waals surface area contributed by atoms with Gasteiger partial charge in [-0.25, -0.2) is 4.79 Å². The Morgan fingerprint density at radius 1 is 1.06 bits per heavy atom. The third kappa shape index (κ3) is 7.47. The molecule has 2 aromatic rings. The Labute approximate surface area is 185 Å². The van der Waals surface area contributed by atoms with Crippen molar-refractivity contribution in [1.29, 1.82) is 0 Å². The van der Waals surface area contributed by atoms with E-state index in [-0.39, 0.29) is 23.5 Å². The zero-order chi connectivity index (χ0) is 23.0. The maximum absolute atomic E-state index is 13.0. The molecule has 1 N–H and O–H groups in total. The van der Waals surface area contributed by atoms with Gasteiger partial charge in [0.05, 0.1) is 12.9 Å². The second kappa shape index (κ2) is 11.0. The maximum atomic E-state index is 13.0. The minimum atomic E-state index is -3.71. The molecule has 0 saturated carbocycles. The largest absolute Gasteiger partial charge is 0.493 e. The minimum absolute atomic E-state index is 0.113. The van der Waals surface area contributed by atoms with Crippen molar-refractivity contribution < 1.29 is 22.1 Å². The fourth-order valence-corrected chi connectivity index (χ4v) is 3.55. The molecule has 7 nitrogen and oxygen atoms in total. The molecule has 0 saturated heterocycles. The monoisotopic (exact) mass is 448 g/mol. The molecule has 0 unspecified atom stereocenters. The molecule has 0 bridgehead atoms. The number of hydrogen-bond acceptors (Lipinski definition) is 5. The summed E-state index contributed by atoms with van der Waals surface area (Å²) in [5.74, 6) is 0.528. The highest BCUT2D eigenvalue weighted by atomic mass is 32.2. The molecule has 0 fully saturated rings. The van der Waals surface area contributed by atoms with Gasteiger partial charge in [-0.3, -0.25) is 0 Å². The molecule has 0 aliphatic rings. The average molecular weight is 449 g/mol. The number of carbonyl (C=O) groups excluding carboxylic acids is 1. The zero-order valence-electron chi connectivity index (χ0n) is 18.8. The van der Waals surface area contributed by atoms with E-state index in [2.05, 4.69) is 12.2 Å². The number of nitrogens with one attached hydrogen (secondary N) is 1. The molecule has 0 aliphatic carbocycles. The average Bonchev–Trinajstić information content (AvgIpc) is 2.73. The quantitative estimate of drug-likeness (QED) is 0.534. The second-order valence-electron chi connectivity index (χ2n) is 7.67. The summed E-state index contributed by atoms with van der Waals surface area (Å²) < 4.78 is 34.3. The van der Waals surface area contributed by atoms with Crippen LogP contribution in [0.1, 0.15) is 38.8 Å². The summed E-state index contributed by atoms with van der Waals surface area (Å²) in [5.41, 5.74) is 2.62.